The maximum atomic E-state index is 11.2. The van der Waals surface area contributed by atoms with Gasteiger partial charge >= 0.3 is 0 Å². The van der Waals surface area contributed by atoms with Crippen LogP contribution in [0.5, 0.6) is 5.75 Å². The zero-order chi connectivity index (χ0) is 20.0. The van der Waals surface area contributed by atoms with Crippen LogP contribution in [0.25, 0.3) is 0 Å². The average Bonchev–Trinajstić information content (AvgIpc) is 3.20. The van der Waals surface area contributed by atoms with Crippen LogP contribution in [0.1, 0.15) is 35.4 Å². The van der Waals surface area contributed by atoms with Crippen LogP contribution in [0, 0.1) is 10.1 Å². The van der Waals surface area contributed by atoms with Gasteiger partial charge in [0.2, 0.25) is 6.23 Å². The molecule has 2 heterocycles. The number of nitro groups is 1. The van der Waals surface area contributed by atoms with E-state index in [0.717, 1.165) is 22.6 Å². The summed E-state index contributed by atoms with van der Waals surface area (Å²) in [4.78, 5) is 10.8. The quantitative estimate of drug-likeness (QED) is 0.426. The molecule has 0 saturated carbocycles. The Hall–Kier alpha value is -3.38. The van der Waals surface area contributed by atoms with Crippen LogP contribution in [0.4, 0.5) is 5.69 Å². The average molecular weight is 406 g/mol. The predicted octanol–water partition coefficient (Wildman–Crippen LogP) is 5.49. The number of nitrogens with zero attached hydrogens (tertiary/aromatic N) is 3. The molecule has 0 N–H and O–H groups in total. The Morgan fingerprint density at radius 2 is 1.90 bits per heavy atom. The van der Waals surface area contributed by atoms with Gasteiger partial charge in [-0.3, -0.25) is 10.1 Å². The zero-order valence-electron chi connectivity index (χ0n) is 15.2. The number of hydrazone groups is 1. The van der Waals surface area contributed by atoms with E-state index in [1.807, 2.05) is 53.5 Å². The van der Waals surface area contributed by atoms with Crippen molar-refractivity contribution in [3.63, 3.8) is 0 Å². The number of ether oxygens (including phenoxy) is 1. The van der Waals surface area contributed by atoms with E-state index in [9.17, 15) is 10.1 Å². The molecule has 0 fully saturated rings. The molecule has 2 atom stereocenters. The van der Waals surface area contributed by atoms with E-state index in [0.29, 0.717) is 17.0 Å². The first-order valence-electron chi connectivity index (χ1n) is 9.22. The zero-order valence-corrected chi connectivity index (χ0v) is 16.0. The lowest BCUT2D eigenvalue weighted by molar-refractivity contribution is -0.385. The number of rotatable bonds is 3. The molecular formula is C22H16ClN3O3. The second-order valence-electron chi connectivity index (χ2n) is 7.02. The van der Waals surface area contributed by atoms with Gasteiger partial charge in [0.25, 0.3) is 5.69 Å². The Labute approximate surface area is 172 Å². The monoisotopic (exact) mass is 405 g/mol. The standard InChI is InChI=1S/C22H16ClN3O3/c23-16-9-10-21-18(12-16)20-13-19(14-5-2-1-3-6-14)24-25(20)22(29-21)15-7-4-8-17(11-15)26(27)28/h1-12,20,22H,13H2/t20-,22-/m0/s1. The molecule has 3 aromatic rings. The molecule has 0 bridgehead atoms. The van der Waals surface area contributed by atoms with Crippen molar-refractivity contribution in [1.29, 1.82) is 0 Å². The highest BCUT2D eigenvalue weighted by molar-refractivity contribution is 6.30. The number of nitro benzene ring substituents is 1. The lowest BCUT2D eigenvalue weighted by Gasteiger charge is -2.38. The van der Waals surface area contributed by atoms with E-state index in [4.69, 9.17) is 21.4 Å². The molecule has 0 radical (unpaired) electrons. The summed E-state index contributed by atoms with van der Waals surface area (Å²) < 4.78 is 6.24. The lowest BCUT2D eigenvalue weighted by atomic mass is 9.96. The van der Waals surface area contributed by atoms with Gasteiger partial charge in [-0.05, 0) is 23.8 Å². The Bertz CT molecular complexity index is 1130. The molecule has 2 aliphatic heterocycles. The van der Waals surface area contributed by atoms with Crippen molar-refractivity contribution in [1.82, 2.24) is 5.01 Å². The molecule has 5 rings (SSSR count). The molecule has 0 aromatic heterocycles. The summed E-state index contributed by atoms with van der Waals surface area (Å²) in [5, 5.41) is 18.6. The summed E-state index contributed by atoms with van der Waals surface area (Å²) in [6.07, 6.45) is 0.140. The van der Waals surface area contributed by atoms with E-state index in [1.165, 1.54) is 6.07 Å². The maximum absolute atomic E-state index is 11.2. The largest absolute Gasteiger partial charge is 0.464 e. The first-order valence-corrected chi connectivity index (χ1v) is 9.59. The number of benzene rings is 3. The predicted molar refractivity (Wildman–Crippen MR) is 110 cm³/mol. The smallest absolute Gasteiger partial charge is 0.269 e. The summed E-state index contributed by atoms with van der Waals surface area (Å²) >= 11 is 6.24. The molecule has 3 aromatic carbocycles. The highest BCUT2D eigenvalue weighted by atomic mass is 35.5. The van der Waals surface area contributed by atoms with Gasteiger partial charge in [0.15, 0.2) is 0 Å². The second-order valence-corrected chi connectivity index (χ2v) is 7.45. The third kappa shape index (κ3) is 3.11. The Morgan fingerprint density at radius 1 is 1.07 bits per heavy atom. The molecule has 0 aliphatic carbocycles. The van der Waals surface area contributed by atoms with Crippen LogP contribution in [0.2, 0.25) is 5.02 Å². The topological polar surface area (TPSA) is 68.0 Å². The van der Waals surface area contributed by atoms with Crippen molar-refractivity contribution in [2.24, 2.45) is 5.10 Å². The van der Waals surface area contributed by atoms with Gasteiger partial charge in [0.1, 0.15) is 5.75 Å². The first-order chi connectivity index (χ1) is 14.1. The van der Waals surface area contributed by atoms with Crippen molar-refractivity contribution in [3.05, 3.63) is 105 Å². The van der Waals surface area contributed by atoms with Gasteiger partial charge in [-0.1, -0.05) is 54.1 Å². The third-order valence-electron chi connectivity index (χ3n) is 5.23. The Balaban J connectivity index is 1.61. The lowest BCUT2D eigenvalue weighted by Crippen LogP contribution is -2.33. The van der Waals surface area contributed by atoms with Gasteiger partial charge in [-0.25, -0.2) is 5.01 Å². The van der Waals surface area contributed by atoms with Gasteiger partial charge in [-0.2, -0.15) is 5.10 Å². The van der Waals surface area contributed by atoms with Gasteiger partial charge in [-0.15, -0.1) is 0 Å². The molecular weight excluding hydrogens is 390 g/mol. The van der Waals surface area contributed by atoms with Gasteiger partial charge in [0, 0.05) is 34.7 Å². The van der Waals surface area contributed by atoms with Crippen molar-refractivity contribution < 1.29 is 9.66 Å². The molecule has 7 heteroatoms. The fourth-order valence-electron chi connectivity index (χ4n) is 3.88. The van der Waals surface area contributed by atoms with E-state index in [-0.39, 0.29) is 11.7 Å². The molecule has 0 amide bonds. The second kappa shape index (κ2) is 6.90. The minimum atomic E-state index is -0.560. The van der Waals surface area contributed by atoms with Crippen molar-refractivity contribution in [2.75, 3.05) is 0 Å². The molecule has 29 heavy (non-hydrogen) atoms. The number of non-ortho nitro benzene ring substituents is 1. The van der Waals surface area contributed by atoms with E-state index in [2.05, 4.69) is 0 Å². The van der Waals surface area contributed by atoms with Crippen LogP contribution in [-0.2, 0) is 0 Å². The Morgan fingerprint density at radius 3 is 2.69 bits per heavy atom. The molecule has 144 valence electrons. The SMILES string of the molecule is O=[N+]([O-])c1cccc([C@@H]2Oc3ccc(Cl)cc3[C@@H]3CC(c4ccccc4)=NN32)c1. The highest BCUT2D eigenvalue weighted by Crippen LogP contribution is 2.48. The van der Waals surface area contributed by atoms with Crippen LogP contribution in [-0.4, -0.2) is 15.6 Å². The van der Waals surface area contributed by atoms with E-state index < -0.39 is 11.2 Å². The fraction of sp³-hybridized carbons (Fsp3) is 0.136. The van der Waals surface area contributed by atoms with E-state index >= 15 is 0 Å². The summed E-state index contributed by atoms with van der Waals surface area (Å²) in [7, 11) is 0. The highest BCUT2D eigenvalue weighted by Gasteiger charge is 2.41. The molecule has 0 saturated heterocycles. The minimum Gasteiger partial charge on any atom is -0.464 e. The van der Waals surface area contributed by atoms with Crippen LogP contribution in [0.3, 0.4) is 0 Å². The van der Waals surface area contributed by atoms with Crippen LogP contribution >= 0.6 is 11.6 Å². The third-order valence-corrected chi connectivity index (χ3v) is 5.46. The van der Waals surface area contributed by atoms with Gasteiger partial charge in [0.05, 0.1) is 16.7 Å². The van der Waals surface area contributed by atoms with Crippen molar-refractivity contribution >= 4 is 23.0 Å². The summed E-state index contributed by atoms with van der Waals surface area (Å²) in [6, 6.07) is 22.0. The molecule has 2 aliphatic rings. The summed E-state index contributed by atoms with van der Waals surface area (Å²) in [6.45, 7) is 0. The Kier molecular flexibility index (Phi) is 4.21. The fourth-order valence-corrected chi connectivity index (χ4v) is 4.06. The minimum absolute atomic E-state index is 0.0241. The first kappa shape index (κ1) is 17.7. The number of hydrogen-bond acceptors (Lipinski definition) is 5. The summed E-state index contributed by atoms with van der Waals surface area (Å²) in [5.74, 6) is 0.719. The van der Waals surface area contributed by atoms with Gasteiger partial charge < -0.3 is 4.74 Å². The normalized spacial score (nSPS) is 19.8. The number of hydrogen-bond donors (Lipinski definition) is 0. The van der Waals surface area contributed by atoms with Crippen LogP contribution in [0.15, 0.2) is 77.9 Å². The maximum Gasteiger partial charge on any atom is 0.269 e. The molecule has 6 nitrogen and oxygen atoms in total. The number of halogens is 1. The van der Waals surface area contributed by atoms with Crippen molar-refractivity contribution in [3.8, 4) is 5.75 Å². The van der Waals surface area contributed by atoms with Crippen molar-refractivity contribution in [2.45, 2.75) is 18.7 Å². The molecule has 0 spiro atoms. The number of fused-ring (bicyclic) bond motifs is 3. The van der Waals surface area contributed by atoms with E-state index in [1.54, 1.807) is 18.2 Å². The molecule has 0 unspecified atom stereocenters. The van der Waals surface area contributed by atoms with Crippen LogP contribution < -0.4 is 4.74 Å². The summed E-state index contributed by atoms with van der Waals surface area (Å²) in [5.41, 5.74) is 3.67.